The van der Waals surface area contributed by atoms with E-state index in [9.17, 15) is 0 Å². The van der Waals surface area contributed by atoms with Crippen LogP contribution in [0, 0.1) is 6.92 Å². The maximum absolute atomic E-state index is 6.40. The number of hydrogen-bond donors (Lipinski definition) is 0. The average Bonchev–Trinajstić information content (AvgIpc) is 2.93. The molecule has 2 aromatic rings. The summed E-state index contributed by atoms with van der Waals surface area (Å²) in [6.45, 7) is 25.1. The van der Waals surface area contributed by atoms with E-state index in [1.54, 1.807) is 0 Å². The van der Waals surface area contributed by atoms with Gasteiger partial charge in [0.05, 0.1) is 11.2 Å². The van der Waals surface area contributed by atoms with Crippen molar-refractivity contribution in [1.82, 2.24) is 0 Å². The van der Waals surface area contributed by atoms with Gasteiger partial charge in [-0.2, -0.15) is 0 Å². The van der Waals surface area contributed by atoms with Gasteiger partial charge in [-0.1, -0.05) is 71.4 Å². The Labute approximate surface area is 204 Å². The number of benzene rings is 2. The van der Waals surface area contributed by atoms with Crippen molar-refractivity contribution in [3.63, 3.8) is 0 Å². The molecule has 180 valence electrons. The van der Waals surface area contributed by atoms with Gasteiger partial charge in [-0.25, -0.2) is 0 Å². The van der Waals surface area contributed by atoms with E-state index in [1.165, 1.54) is 16.9 Å². The van der Waals surface area contributed by atoms with E-state index in [2.05, 4.69) is 129 Å². The highest BCUT2D eigenvalue weighted by Crippen LogP contribution is 2.49. The molecule has 0 amide bonds. The summed E-state index contributed by atoms with van der Waals surface area (Å²) in [6.07, 6.45) is 0. The molecule has 1 aliphatic rings. The zero-order chi connectivity index (χ0) is 24.8. The van der Waals surface area contributed by atoms with Crippen LogP contribution in [0.3, 0.4) is 0 Å². The van der Waals surface area contributed by atoms with Crippen LogP contribution in [0.5, 0.6) is 0 Å². The van der Waals surface area contributed by atoms with Gasteiger partial charge in [0.1, 0.15) is 0 Å². The van der Waals surface area contributed by atoms with Crippen molar-refractivity contribution in [2.45, 2.75) is 104 Å². The molecule has 0 atom stereocenters. The first-order valence-corrected chi connectivity index (χ1v) is 14.7. The molecular formula is C28H44BNO2Si. The molecule has 0 aliphatic carbocycles. The second kappa shape index (κ2) is 9.24. The number of hydrogen-bond acceptors (Lipinski definition) is 3. The van der Waals surface area contributed by atoms with E-state index in [-0.39, 0.29) is 18.3 Å². The van der Waals surface area contributed by atoms with Crippen LogP contribution >= 0.6 is 0 Å². The fourth-order valence-electron chi connectivity index (χ4n) is 5.85. The molecule has 0 radical (unpaired) electrons. The van der Waals surface area contributed by atoms with Gasteiger partial charge in [-0.15, -0.1) is 0 Å². The summed E-state index contributed by atoms with van der Waals surface area (Å²) in [6, 6.07) is 17.9. The molecular weight excluding hydrogens is 421 g/mol. The van der Waals surface area contributed by atoms with E-state index in [0.717, 1.165) is 5.46 Å². The van der Waals surface area contributed by atoms with Crippen LogP contribution in [0.2, 0.25) is 16.6 Å². The first-order chi connectivity index (χ1) is 15.2. The van der Waals surface area contributed by atoms with Crippen molar-refractivity contribution in [2.24, 2.45) is 0 Å². The van der Waals surface area contributed by atoms with Gasteiger partial charge in [-0.3, -0.25) is 0 Å². The summed E-state index contributed by atoms with van der Waals surface area (Å²) in [7, 11) is -2.38. The van der Waals surface area contributed by atoms with Gasteiger partial charge in [0.2, 0.25) is 0 Å². The summed E-state index contributed by atoms with van der Waals surface area (Å²) in [5, 5.41) is 0. The Morgan fingerprint density at radius 3 is 1.67 bits per heavy atom. The minimum Gasteiger partial charge on any atom is -0.399 e. The van der Waals surface area contributed by atoms with Crippen LogP contribution in [0.4, 0.5) is 11.4 Å². The maximum Gasteiger partial charge on any atom is 0.494 e. The molecule has 1 saturated heterocycles. The van der Waals surface area contributed by atoms with Gasteiger partial charge in [0.15, 0.2) is 8.24 Å². The minimum absolute atomic E-state index is 0.351. The van der Waals surface area contributed by atoms with Crippen LogP contribution in [0.1, 0.15) is 74.8 Å². The lowest BCUT2D eigenvalue weighted by Gasteiger charge is -2.52. The lowest BCUT2D eigenvalue weighted by Crippen LogP contribution is -2.58. The zero-order valence-electron chi connectivity index (χ0n) is 22.7. The molecule has 3 nitrogen and oxygen atoms in total. The third kappa shape index (κ3) is 4.57. The summed E-state index contributed by atoms with van der Waals surface area (Å²) < 4.78 is 15.5. The number of anilines is 2. The van der Waals surface area contributed by atoms with Crippen molar-refractivity contribution < 1.29 is 9.31 Å². The molecule has 0 N–H and O–H groups in total. The molecule has 3 rings (SSSR count). The summed E-state index contributed by atoms with van der Waals surface area (Å²) >= 11 is 0. The quantitative estimate of drug-likeness (QED) is 0.393. The van der Waals surface area contributed by atoms with Crippen molar-refractivity contribution in [3.05, 3.63) is 54.1 Å². The van der Waals surface area contributed by atoms with Crippen LogP contribution in [-0.4, -0.2) is 26.6 Å². The predicted molar refractivity (Wildman–Crippen MR) is 147 cm³/mol. The van der Waals surface area contributed by atoms with Crippen LogP contribution < -0.4 is 10.0 Å². The van der Waals surface area contributed by atoms with E-state index < -0.39 is 8.24 Å². The Kier molecular flexibility index (Phi) is 7.29. The maximum atomic E-state index is 6.40. The third-order valence-corrected chi connectivity index (χ3v) is 14.9. The first-order valence-electron chi connectivity index (χ1n) is 12.6. The molecule has 2 aromatic carbocycles. The van der Waals surface area contributed by atoms with E-state index in [4.69, 9.17) is 9.31 Å². The van der Waals surface area contributed by atoms with Crippen LogP contribution in [-0.2, 0) is 9.31 Å². The normalized spacial score (nSPS) is 17.9. The van der Waals surface area contributed by atoms with Crippen molar-refractivity contribution in [2.75, 3.05) is 4.57 Å². The number of rotatable bonds is 7. The lowest BCUT2D eigenvalue weighted by molar-refractivity contribution is 0.00578. The zero-order valence-corrected chi connectivity index (χ0v) is 23.7. The standard InChI is InChI=1S/C28H44BNO2Si/c1-20(2)33(21(3)4,22(5)6)30(25-17-15-23(7)16-18-25)26-14-12-13-24(19-26)29-31-27(8,9)28(10,11)32-29/h12-22H,1-11H3. The number of nitrogens with zero attached hydrogens (tertiary/aromatic N) is 1. The molecule has 33 heavy (non-hydrogen) atoms. The van der Waals surface area contributed by atoms with Gasteiger partial charge in [0, 0.05) is 11.4 Å². The fraction of sp³-hybridized carbons (Fsp3) is 0.571. The van der Waals surface area contributed by atoms with Crippen molar-refractivity contribution >= 4 is 32.2 Å². The largest absolute Gasteiger partial charge is 0.494 e. The second-order valence-corrected chi connectivity index (χ2v) is 17.4. The Morgan fingerprint density at radius 1 is 0.727 bits per heavy atom. The van der Waals surface area contributed by atoms with Gasteiger partial charge in [-0.05, 0) is 81.0 Å². The molecule has 0 unspecified atom stereocenters. The summed E-state index contributed by atoms with van der Waals surface area (Å²) in [4.78, 5) is 0. The van der Waals surface area contributed by atoms with Crippen LogP contribution in [0.15, 0.2) is 48.5 Å². The molecule has 0 spiro atoms. The Bertz CT molecular complexity index is 915. The number of aryl methyl sites for hydroxylation is 1. The van der Waals surface area contributed by atoms with Crippen LogP contribution in [0.25, 0.3) is 0 Å². The SMILES string of the molecule is Cc1ccc(N(c2cccc(B3OC(C)(C)C(C)(C)O3)c2)[Si](C(C)C)(C(C)C)C(C)C)cc1. The topological polar surface area (TPSA) is 21.7 Å². The Balaban J connectivity index is 2.19. The molecule has 1 heterocycles. The first kappa shape index (κ1) is 26.1. The molecule has 0 saturated carbocycles. The minimum atomic E-state index is -2.02. The average molecular weight is 466 g/mol. The Morgan fingerprint density at radius 2 is 1.21 bits per heavy atom. The molecule has 0 bridgehead atoms. The van der Waals surface area contributed by atoms with E-state index in [1.807, 2.05) is 0 Å². The summed E-state index contributed by atoms with van der Waals surface area (Å²) in [5.74, 6) is 0. The van der Waals surface area contributed by atoms with E-state index >= 15 is 0 Å². The Hall–Kier alpha value is -1.56. The highest BCUT2D eigenvalue weighted by atomic mass is 28.3. The van der Waals surface area contributed by atoms with Gasteiger partial charge >= 0.3 is 7.12 Å². The smallest absolute Gasteiger partial charge is 0.399 e. The molecule has 1 fully saturated rings. The van der Waals surface area contributed by atoms with Gasteiger partial charge in [0.25, 0.3) is 0 Å². The van der Waals surface area contributed by atoms with E-state index in [0.29, 0.717) is 16.6 Å². The lowest BCUT2D eigenvalue weighted by atomic mass is 9.79. The molecule has 1 aliphatic heterocycles. The molecule has 0 aromatic heterocycles. The highest BCUT2D eigenvalue weighted by molar-refractivity contribution is 6.88. The molecule has 5 heteroatoms. The van der Waals surface area contributed by atoms with Gasteiger partial charge < -0.3 is 13.9 Å². The monoisotopic (exact) mass is 465 g/mol. The predicted octanol–water partition coefficient (Wildman–Crippen LogP) is 7.61. The summed E-state index contributed by atoms with van der Waals surface area (Å²) in [5.41, 5.74) is 5.95. The fourth-order valence-corrected chi connectivity index (χ4v) is 12.6. The van der Waals surface area contributed by atoms with Crippen molar-refractivity contribution in [1.29, 1.82) is 0 Å². The highest BCUT2D eigenvalue weighted by Gasteiger charge is 2.52. The second-order valence-electron chi connectivity index (χ2n) is 11.7. The van der Waals surface area contributed by atoms with Crippen molar-refractivity contribution in [3.8, 4) is 0 Å². The third-order valence-electron chi connectivity index (χ3n) is 8.11.